The normalized spacial score (nSPS) is 18.2. The molecule has 2 heterocycles. The number of amides is 2. The molecule has 1 aromatic heterocycles. The molecule has 0 saturated heterocycles. The minimum Gasteiger partial charge on any atom is -0.424 e. The van der Waals surface area contributed by atoms with E-state index in [0.717, 1.165) is 23.7 Å². The van der Waals surface area contributed by atoms with Crippen molar-refractivity contribution in [1.82, 2.24) is 10.3 Å². The second-order valence-corrected chi connectivity index (χ2v) is 9.89. The van der Waals surface area contributed by atoms with E-state index < -0.39 is 28.0 Å². The molecule has 0 saturated carbocycles. The Balaban J connectivity index is 1.57. The monoisotopic (exact) mass is 493 g/mol. The fourth-order valence-electron chi connectivity index (χ4n) is 2.68. The van der Waals surface area contributed by atoms with Crippen molar-refractivity contribution in [2.45, 2.75) is 17.0 Å². The van der Waals surface area contributed by atoms with Crippen molar-refractivity contribution in [2.24, 2.45) is 0 Å². The molecule has 3 aromatic rings. The van der Waals surface area contributed by atoms with Crippen LogP contribution in [0.2, 0.25) is 5.02 Å². The third kappa shape index (κ3) is 4.07. The summed E-state index contributed by atoms with van der Waals surface area (Å²) in [5.74, 6) is -4.02. The quantitative estimate of drug-likeness (QED) is 0.567. The van der Waals surface area contributed by atoms with Crippen LogP contribution in [0.25, 0.3) is 10.2 Å². The van der Waals surface area contributed by atoms with Crippen LogP contribution < -0.4 is 20.1 Å². The minimum absolute atomic E-state index is 0.0415. The van der Waals surface area contributed by atoms with Crippen LogP contribution in [-0.2, 0) is 9.84 Å². The molecule has 1 aliphatic heterocycles. The summed E-state index contributed by atoms with van der Waals surface area (Å²) in [6, 6.07) is 6.41. The Bertz CT molecular complexity index is 1310. The van der Waals surface area contributed by atoms with Crippen LogP contribution in [0.4, 0.5) is 23.1 Å². The van der Waals surface area contributed by atoms with E-state index >= 15 is 0 Å². The number of hydrogen-bond acceptors (Lipinski definition) is 7. The van der Waals surface area contributed by atoms with Crippen LogP contribution in [-0.4, -0.2) is 37.8 Å². The lowest BCUT2D eigenvalue weighted by Gasteiger charge is -2.29. The average molecular weight is 494 g/mol. The van der Waals surface area contributed by atoms with Crippen molar-refractivity contribution < 1.29 is 35.9 Å². The van der Waals surface area contributed by atoms with E-state index in [1.54, 1.807) is 5.32 Å². The van der Waals surface area contributed by atoms with Crippen LogP contribution in [0.15, 0.2) is 41.3 Å². The second kappa shape index (κ2) is 7.14. The van der Waals surface area contributed by atoms with E-state index in [9.17, 15) is 26.4 Å². The van der Waals surface area contributed by atoms with Crippen molar-refractivity contribution in [2.75, 3.05) is 11.6 Å². The predicted molar refractivity (Wildman–Crippen MR) is 106 cm³/mol. The highest BCUT2D eigenvalue weighted by Crippen LogP contribution is 2.46. The van der Waals surface area contributed by atoms with Crippen molar-refractivity contribution in [3.63, 3.8) is 0 Å². The number of carbonyl (C=O) groups excluding carboxylic acids is 1. The molecule has 1 atom stereocenters. The molecule has 2 amide bonds. The lowest BCUT2D eigenvalue weighted by atomic mass is 10.3. The highest BCUT2D eigenvalue weighted by Gasteiger charge is 2.65. The zero-order valence-corrected chi connectivity index (χ0v) is 17.7. The van der Waals surface area contributed by atoms with Crippen LogP contribution >= 0.6 is 22.9 Å². The third-order valence-electron chi connectivity index (χ3n) is 4.07. The largest absolute Gasteiger partial charge is 0.492 e. The Morgan fingerprint density at radius 3 is 2.55 bits per heavy atom. The zero-order chi connectivity index (χ0) is 22.6. The molecule has 1 aliphatic rings. The Kier molecular flexibility index (Phi) is 4.94. The topological polar surface area (TPSA) is 107 Å². The van der Waals surface area contributed by atoms with Gasteiger partial charge in [0.1, 0.15) is 0 Å². The Hall–Kier alpha value is -2.77. The van der Waals surface area contributed by atoms with E-state index in [-0.39, 0.29) is 26.5 Å². The van der Waals surface area contributed by atoms with Crippen molar-refractivity contribution in [3.8, 4) is 11.5 Å². The van der Waals surface area contributed by atoms with Crippen LogP contribution in [0.3, 0.4) is 0 Å². The number of urea groups is 1. The van der Waals surface area contributed by atoms with Gasteiger partial charge in [-0.3, -0.25) is 10.6 Å². The third-order valence-corrected chi connectivity index (χ3v) is 6.35. The van der Waals surface area contributed by atoms with Gasteiger partial charge >= 0.3 is 18.1 Å². The fraction of sp³-hybridized carbons (Fsp3) is 0.176. The number of aromatic nitrogens is 1. The number of halogens is 4. The first-order valence-electron chi connectivity index (χ1n) is 8.30. The van der Waals surface area contributed by atoms with E-state index in [1.165, 1.54) is 30.3 Å². The number of anilines is 1. The fourth-order valence-corrected chi connectivity index (χ4v) is 4.47. The Morgan fingerprint density at radius 2 is 1.87 bits per heavy atom. The summed E-state index contributed by atoms with van der Waals surface area (Å²) >= 11 is 6.64. The number of alkyl halides is 3. The number of nitrogens with zero attached hydrogens (tertiary/aromatic N) is 1. The van der Waals surface area contributed by atoms with Gasteiger partial charge in [0, 0.05) is 17.3 Å². The number of carbonyl (C=O) groups is 1. The summed E-state index contributed by atoms with van der Waals surface area (Å²) in [5.41, 5.74) is 0.355. The van der Waals surface area contributed by atoms with Crippen molar-refractivity contribution in [1.29, 1.82) is 0 Å². The molecule has 0 fully saturated rings. The van der Waals surface area contributed by atoms with Crippen LogP contribution in [0.1, 0.15) is 0 Å². The number of thiazole rings is 1. The summed E-state index contributed by atoms with van der Waals surface area (Å²) in [7, 11) is -3.47. The van der Waals surface area contributed by atoms with Crippen molar-refractivity contribution >= 4 is 54.2 Å². The number of nitrogens with one attached hydrogen (secondary N) is 2. The van der Waals surface area contributed by atoms with Gasteiger partial charge in [0.2, 0.25) is 0 Å². The van der Waals surface area contributed by atoms with Gasteiger partial charge in [-0.15, -0.1) is 0 Å². The molecule has 4 rings (SSSR count). The lowest BCUT2D eigenvalue weighted by Crippen LogP contribution is -2.65. The van der Waals surface area contributed by atoms with Gasteiger partial charge in [0.25, 0.3) is 0 Å². The molecule has 0 aliphatic carbocycles. The van der Waals surface area contributed by atoms with E-state index in [2.05, 4.69) is 10.3 Å². The highest BCUT2D eigenvalue weighted by atomic mass is 35.5. The molecule has 0 radical (unpaired) electrons. The number of benzene rings is 2. The molecule has 14 heteroatoms. The van der Waals surface area contributed by atoms with Gasteiger partial charge < -0.3 is 9.47 Å². The number of fused-ring (bicyclic) bond motifs is 2. The van der Waals surface area contributed by atoms with Gasteiger partial charge in [-0.1, -0.05) is 22.9 Å². The molecule has 0 bridgehead atoms. The first-order chi connectivity index (χ1) is 14.4. The van der Waals surface area contributed by atoms with E-state index in [0.29, 0.717) is 10.2 Å². The summed E-state index contributed by atoms with van der Waals surface area (Å²) < 4.78 is 74.6. The zero-order valence-electron chi connectivity index (χ0n) is 15.3. The molecular formula is C17H11ClF3N3O5S2. The average Bonchev–Trinajstić information content (AvgIpc) is 3.19. The maximum absolute atomic E-state index is 13.7. The maximum atomic E-state index is 13.7. The molecular weight excluding hydrogens is 483 g/mol. The molecule has 0 unspecified atom stereocenters. The molecule has 164 valence electrons. The van der Waals surface area contributed by atoms with Crippen LogP contribution in [0.5, 0.6) is 11.5 Å². The summed E-state index contributed by atoms with van der Waals surface area (Å²) in [6.45, 7) is 0. The highest BCUT2D eigenvalue weighted by molar-refractivity contribution is 7.90. The van der Waals surface area contributed by atoms with E-state index in [4.69, 9.17) is 21.1 Å². The second-order valence-electron chi connectivity index (χ2n) is 6.41. The number of rotatable bonds is 3. The predicted octanol–water partition coefficient (Wildman–Crippen LogP) is 4.16. The van der Waals surface area contributed by atoms with Gasteiger partial charge in [-0.2, -0.15) is 13.2 Å². The summed E-state index contributed by atoms with van der Waals surface area (Å²) in [5, 5.41) is 3.87. The summed E-state index contributed by atoms with van der Waals surface area (Å²) in [6.07, 6.45) is -4.11. The van der Waals surface area contributed by atoms with Gasteiger partial charge in [0.15, 0.2) is 26.5 Å². The van der Waals surface area contributed by atoms with Crippen molar-refractivity contribution in [3.05, 3.63) is 41.4 Å². The SMILES string of the molecule is CS(=O)(=O)c1ccc2nc(NC(=O)N[C@]3(C(F)(F)F)Oc4ccc(Cl)cc4O3)sc2c1. The molecule has 0 spiro atoms. The lowest BCUT2D eigenvalue weighted by molar-refractivity contribution is -0.317. The molecule has 2 aromatic carbocycles. The Morgan fingerprint density at radius 1 is 1.16 bits per heavy atom. The first-order valence-corrected chi connectivity index (χ1v) is 11.4. The van der Waals surface area contributed by atoms with Gasteiger partial charge in [-0.25, -0.2) is 18.2 Å². The molecule has 8 nitrogen and oxygen atoms in total. The van der Waals surface area contributed by atoms with Crippen LogP contribution in [0, 0.1) is 0 Å². The number of sulfone groups is 1. The Labute approximate surface area is 181 Å². The molecule has 31 heavy (non-hydrogen) atoms. The maximum Gasteiger partial charge on any atom is 0.492 e. The van der Waals surface area contributed by atoms with E-state index in [1.807, 2.05) is 0 Å². The summed E-state index contributed by atoms with van der Waals surface area (Å²) in [4.78, 5) is 16.4. The first kappa shape index (κ1) is 21.5. The number of hydrogen-bond donors (Lipinski definition) is 2. The smallest absolute Gasteiger partial charge is 0.424 e. The van der Waals surface area contributed by atoms with Gasteiger partial charge in [0.05, 0.1) is 15.1 Å². The number of ether oxygens (including phenoxy) is 2. The van der Waals surface area contributed by atoms with Gasteiger partial charge in [-0.05, 0) is 30.3 Å². The molecule has 2 N–H and O–H groups in total. The minimum atomic E-state index is -5.15. The standard InChI is InChI=1S/C17H11ClF3N3O5S2/c1-31(26,27)9-3-4-10-13(7-9)30-15(22-10)23-14(25)24-17(16(19,20)21)28-11-5-2-8(18)6-12(11)29-17/h2-7H,1H3,(H2,22,23,24,25)/t17-/m1/s1.